The molecule has 31 heavy (non-hydrogen) atoms. The van der Waals surface area contributed by atoms with Crippen molar-refractivity contribution in [3.05, 3.63) is 52.6 Å². The summed E-state index contributed by atoms with van der Waals surface area (Å²) in [6, 6.07) is 10.4. The van der Waals surface area contributed by atoms with E-state index in [9.17, 15) is 9.59 Å². The molecule has 2 aliphatic heterocycles. The molecule has 0 unspecified atom stereocenters. The maximum atomic E-state index is 12.9. The Labute approximate surface area is 178 Å². The molecule has 0 saturated heterocycles. The van der Waals surface area contributed by atoms with Crippen molar-refractivity contribution in [3.8, 4) is 17.2 Å². The van der Waals surface area contributed by atoms with Crippen LogP contribution in [-0.4, -0.2) is 35.3 Å². The lowest BCUT2D eigenvalue weighted by Gasteiger charge is -2.19. The van der Waals surface area contributed by atoms with Gasteiger partial charge in [0, 0.05) is 24.7 Å². The fourth-order valence-corrected chi connectivity index (χ4v) is 3.95. The molecule has 0 saturated carbocycles. The van der Waals surface area contributed by atoms with E-state index in [1.54, 1.807) is 41.0 Å². The number of amides is 1. The summed E-state index contributed by atoms with van der Waals surface area (Å²) in [6.07, 6.45) is 3.96. The zero-order valence-electron chi connectivity index (χ0n) is 17.1. The van der Waals surface area contributed by atoms with Crippen molar-refractivity contribution in [1.29, 1.82) is 0 Å². The molecule has 0 fully saturated rings. The monoisotopic (exact) mass is 421 g/mol. The van der Waals surface area contributed by atoms with E-state index in [1.165, 1.54) is 0 Å². The lowest BCUT2D eigenvalue weighted by molar-refractivity contribution is -0.118. The van der Waals surface area contributed by atoms with Gasteiger partial charge in [0.1, 0.15) is 24.8 Å². The minimum absolute atomic E-state index is 0.0481. The highest BCUT2D eigenvalue weighted by molar-refractivity contribution is 5.92. The number of carbonyl (C=O) groups excluding carboxylic acids is 1. The molecule has 3 aromatic rings. The summed E-state index contributed by atoms with van der Waals surface area (Å²) in [4.78, 5) is 29.9. The van der Waals surface area contributed by atoms with E-state index in [0.717, 1.165) is 31.5 Å². The van der Waals surface area contributed by atoms with Crippen molar-refractivity contribution in [2.45, 2.75) is 32.2 Å². The summed E-state index contributed by atoms with van der Waals surface area (Å²) >= 11 is 0. The lowest BCUT2D eigenvalue weighted by Crippen LogP contribution is -2.24. The maximum absolute atomic E-state index is 12.9. The molecule has 1 amide bonds. The van der Waals surface area contributed by atoms with Gasteiger partial charge in [-0.2, -0.15) is 0 Å². The molecule has 2 aromatic carbocycles. The number of carbonyl (C=O) groups is 1. The molecule has 1 N–H and O–H groups in total. The second kappa shape index (κ2) is 8.29. The first-order chi connectivity index (χ1) is 15.2. The molecule has 0 bridgehead atoms. The van der Waals surface area contributed by atoms with Crippen LogP contribution in [0.3, 0.4) is 0 Å². The molecular formula is C23H23N3O5. The van der Waals surface area contributed by atoms with E-state index >= 15 is 0 Å². The summed E-state index contributed by atoms with van der Waals surface area (Å²) < 4.78 is 18.4. The van der Waals surface area contributed by atoms with Crippen LogP contribution in [0.5, 0.6) is 17.2 Å². The van der Waals surface area contributed by atoms with Crippen molar-refractivity contribution < 1.29 is 19.0 Å². The Bertz CT molecular complexity index is 1200. The van der Waals surface area contributed by atoms with E-state index in [-0.39, 0.29) is 18.1 Å². The van der Waals surface area contributed by atoms with Crippen molar-refractivity contribution in [2.75, 3.05) is 25.1 Å². The highest BCUT2D eigenvalue weighted by atomic mass is 16.6. The van der Waals surface area contributed by atoms with Gasteiger partial charge in [-0.05, 0) is 43.2 Å². The number of benzene rings is 2. The normalized spacial score (nSPS) is 15.1. The number of anilines is 1. The molecule has 8 heteroatoms. The van der Waals surface area contributed by atoms with Gasteiger partial charge in [0.05, 0.1) is 10.9 Å². The Morgan fingerprint density at radius 1 is 1.06 bits per heavy atom. The van der Waals surface area contributed by atoms with Crippen LogP contribution in [0.4, 0.5) is 5.69 Å². The average molecular weight is 421 g/mol. The Kier molecular flexibility index (Phi) is 5.19. The fraction of sp³-hybridized carbons (Fsp3) is 0.348. The minimum Gasteiger partial charge on any atom is -0.486 e. The van der Waals surface area contributed by atoms with E-state index in [4.69, 9.17) is 14.2 Å². The fourth-order valence-electron chi connectivity index (χ4n) is 3.95. The number of aromatic nitrogens is 2. The van der Waals surface area contributed by atoms with Gasteiger partial charge in [0.15, 0.2) is 18.1 Å². The molecule has 8 nitrogen and oxygen atoms in total. The third-order valence-electron chi connectivity index (χ3n) is 5.48. The van der Waals surface area contributed by atoms with Crippen molar-refractivity contribution in [2.24, 2.45) is 0 Å². The summed E-state index contributed by atoms with van der Waals surface area (Å²) in [5, 5.41) is 3.29. The van der Waals surface area contributed by atoms with Gasteiger partial charge >= 0.3 is 0 Å². The number of hydrogen-bond donors (Lipinski definition) is 1. The highest BCUT2D eigenvalue weighted by Gasteiger charge is 2.15. The van der Waals surface area contributed by atoms with Gasteiger partial charge in [-0.15, -0.1) is 0 Å². The Morgan fingerprint density at radius 2 is 1.94 bits per heavy atom. The molecular weight excluding hydrogens is 398 g/mol. The lowest BCUT2D eigenvalue weighted by atomic mass is 10.2. The zero-order valence-corrected chi connectivity index (χ0v) is 17.1. The number of rotatable bonds is 4. The molecule has 0 atom stereocenters. The number of ether oxygens (including phenoxy) is 3. The minimum atomic E-state index is -0.312. The molecule has 160 valence electrons. The van der Waals surface area contributed by atoms with Crippen LogP contribution in [-0.2, 0) is 17.8 Å². The molecule has 2 aliphatic rings. The summed E-state index contributed by atoms with van der Waals surface area (Å²) in [5.74, 6) is 2.26. The Morgan fingerprint density at radius 3 is 2.84 bits per heavy atom. The summed E-state index contributed by atoms with van der Waals surface area (Å²) in [7, 11) is 0. The number of aryl methyl sites for hydroxylation is 1. The quantitative estimate of drug-likeness (QED) is 0.697. The van der Waals surface area contributed by atoms with E-state index in [1.807, 2.05) is 0 Å². The molecule has 3 heterocycles. The molecule has 0 spiro atoms. The second-order valence-electron chi connectivity index (χ2n) is 7.67. The first kappa shape index (κ1) is 19.4. The van der Waals surface area contributed by atoms with Crippen molar-refractivity contribution in [3.63, 3.8) is 0 Å². The van der Waals surface area contributed by atoms with Crippen LogP contribution in [0.15, 0.2) is 41.2 Å². The van der Waals surface area contributed by atoms with E-state index < -0.39 is 0 Å². The van der Waals surface area contributed by atoms with Crippen LogP contribution in [0, 0.1) is 0 Å². The molecule has 0 radical (unpaired) electrons. The number of nitrogens with one attached hydrogen (secondary N) is 1. The topological polar surface area (TPSA) is 91.7 Å². The summed E-state index contributed by atoms with van der Waals surface area (Å²) in [6.45, 7) is 1.51. The van der Waals surface area contributed by atoms with Gasteiger partial charge in [-0.3, -0.25) is 14.2 Å². The van der Waals surface area contributed by atoms with Crippen LogP contribution in [0.2, 0.25) is 0 Å². The van der Waals surface area contributed by atoms with Crippen LogP contribution < -0.4 is 25.1 Å². The van der Waals surface area contributed by atoms with Gasteiger partial charge in [0.25, 0.3) is 11.5 Å². The number of fused-ring (bicyclic) bond motifs is 3. The second-order valence-corrected chi connectivity index (χ2v) is 7.67. The largest absolute Gasteiger partial charge is 0.486 e. The van der Waals surface area contributed by atoms with E-state index in [0.29, 0.717) is 53.6 Å². The average Bonchev–Trinajstić information content (AvgIpc) is 3.04. The molecule has 5 rings (SSSR count). The maximum Gasteiger partial charge on any atom is 0.262 e. The predicted octanol–water partition coefficient (Wildman–Crippen LogP) is 2.91. The zero-order chi connectivity index (χ0) is 21.2. The van der Waals surface area contributed by atoms with Gasteiger partial charge < -0.3 is 19.5 Å². The third-order valence-corrected chi connectivity index (χ3v) is 5.48. The predicted molar refractivity (Wildman–Crippen MR) is 115 cm³/mol. The van der Waals surface area contributed by atoms with Crippen LogP contribution in [0.25, 0.3) is 10.9 Å². The Balaban J connectivity index is 1.29. The first-order valence-corrected chi connectivity index (χ1v) is 10.5. The SMILES string of the molecule is O=C(COc1ccc2nc3n(c(=O)c2c1)CCCCC3)Nc1ccc2c(c1)OCCO2. The first-order valence-electron chi connectivity index (χ1n) is 10.5. The smallest absolute Gasteiger partial charge is 0.262 e. The van der Waals surface area contributed by atoms with Gasteiger partial charge in [-0.25, -0.2) is 4.98 Å². The number of hydrogen-bond acceptors (Lipinski definition) is 6. The molecule has 0 aliphatic carbocycles. The van der Waals surface area contributed by atoms with Gasteiger partial charge in [0.2, 0.25) is 0 Å². The standard InChI is InChI=1S/C23H23N3O5/c27-22(24-15-5-8-19-20(12-15)30-11-10-29-19)14-31-16-6-7-18-17(13-16)23(28)26-9-3-1-2-4-21(26)25-18/h5-8,12-13H,1-4,9-11,14H2,(H,24,27). The van der Waals surface area contributed by atoms with Gasteiger partial charge in [-0.1, -0.05) is 6.42 Å². The summed E-state index contributed by atoms with van der Waals surface area (Å²) in [5.41, 5.74) is 1.21. The van der Waals surface area contributed by atoms with Crippen molar-refractivity contribution >= 4 is 22.5 Å². The van der Waals surface area contributed by atoms with Crippen molar-refractivity contribution in [1.82, 2.24) is 9.55 Å². The third kappa shape index (κ3) is 4.05. The van der Waals surface area contributed by atoms with Crippen LogP contribution >= 0.6 is 0 Å². The highest BCUT2D eigenvalue weighted by Crippen LogP contribution is 2.32. The Hall–Kier alpha value is -3.55. The van der Waals surface area contributed by atoms with E-state index in [2.05, 4.69) is 10.3 Å². The number of nitrogens with zero attached hydrogens (tertiary/aromatic N) is 2. The van der Waals surface area contributed by atoms with Crippen LogP contribution in [0.1, 0.15) is 25.1 Å². The molecule has 1 aromatic heterocycles.